The van der Waals surface area contributed by atoms with Crippen LogP contribution in [-0.4, -0.2) is 6.54 Å². The zero-order chi connectivity index (χ0) is 13.1. The van der Waals surface area contributed by atoms with Gasteiger partial charge in [0.25, 0.3) is 0 Å². The molecule has 1 unspecified atom stereocenters. The van der Waals surface area contributed by atoms with Gasteiger partial charge in [0, 0.05) is 17.3 Å². The number of hydrogen-bond donors (Lipinski definition) is 1. The van der Waals surface area contributed by atoms with E-state index in [1.807, 2.05) is 13.8 Å². The third-order valence-electron chi connectivity index (χ3n) is 2.58. The van der Waals surface area contributed by atoms with Crippen molar-refractivity contribution in [3.8, 4) is 0 Å². The first-order valence-corrected chi connectivity index (χ1v) is 5.82. The second-order valence-electron chi connectivity index (χ2n) is 4.12. The van der Waals surface area contributed by atoms with Gasteiger partial charge in [0.1, 0.15) is 0 Å². The average Bonchev–Trinajstić information content (AvgIpc) is 2.24. The first-order chi connectivity index (χ1) is 7.82. The molecule has 0 aliphatic carbocycles. The first-order valence-electron chi connectivity index (χ1n) is 5.44. The van der Waals surface area contributed by atoms with Crippen molar-refractivity contribution >= 4 is 17.3 Å². The van der Waals surface area contributed by atoms with E-state index in [1.165, 1.54) is 6.07 Å². The average molecular weight is 266 g/mol. The second-order valence-corrected chi connectivity index (χ2v) is 4.56. The van der Waals surface area contributed by atoms with Crippen molar-refractivity contribution < 1.29 is 13.2 Å². The fourth-order valence-electron chi connectivity index (χ4n) is 1.29. The SMILES string of the molecule is CCC(C)CNc1cc(Cl)cc(C(F)(F)F)c1. The van der Waals surface area contributed by atoms with Crippen molar-refractivity contribution in [2.24, 2.45) is 5.92 Å². The normalized spacial score (nSPS) is 13.5. The maximum Gasteiger partial charge on any atom is 0.416 e. The highest BCUT2D eigenvalue weighted by Gasteiger charge is 2.31. The number of alkyl halides is 3. The summed E-state index contributed by atoms with van der Waals surface area (Å²) in [5, 5.41) is 3.05. The fraction of sp³-hybridized carbons (Fsp3) is 0.500. The molecule has 0 saturated carbocycles. The molecule has 17 heavy (non-hydrogen) atoms. The van der Waals surface area contributed by atoms with E-state index < -0.39 is 11.7 Å². The van der Waals surface area contributed by atoms with Crippen LogP contribution >= 0.6 is 11.6 Å². The molecular weight excluding hydrogens is 251 g/mol. The molecule has 0 aliphatic rings. The lowest BCUT2D eigenvalue weighted by Crippen LogP contribution is -2.11. The Balaban J connectivity index is 2.83. The van der Waals surface area contributed by atoms with E-state index >= 15 is 0 Å². The predicted octanol–water partition coefficient (Wildman–Crippen LogP) is 4.82. The smallest absolute Gasteiger partial charge is 0.385 e. The first kappa shape index (κ1) is 14.2. The summed E-state index contributed by atoms with van der Waals surface area (Å²) in [6.07, 6.45) is -3.39. The van der Waals surface area contributed by atoms with Gasteiger partial charge in [0.2, 0.25) is 0 Å². The van der Waals surface area contributed by atoms with Crippen LogP contribution < -0.4 is 5.32 Å². The molecular formula is C12H15ClF3N. The monoisotopic (exact) mass is 265 g/mol. The van der Waals surface area contributed by atoms with Crippen LogP contribution in [0.4, 0.5) is 18.9 Å². The van der Waals surface area contributed by atoms with E-state index in [0.717, 1.165) is 18.6 Å². The summed E-state index contributed by atoms with van der Waals surface area (Å²) >= 11 is 5.67. The van der Waals surface area contributed by atoms with Crippen molar-refractivity contribution in [2.45, 2.75) is 26.4 Å². The summed E-state index contributed by atoms with van der Waals surface area (Å²) in [4.78, 5) is 0. The summed E-state index contributed by atoms with van der Waals surface area (Å²) in [5.74, 6) is 0.406. The van der Waals surface area contributed by atoms with Gasteiger partial charge in [-0.1, -0.05) is 31.9 Å². The molecule has 0 aromatic heterocycles. The molecule has 1 aromatic rings. The van der Waals surface area contributed by atoms with Gasteiger partial charge < -0.3 is 5.32 Å². The molecule has 0 fully saturated rings. The van der Waals surface area contributed by atoms with Gasteiger partial charge in [-0.25, -0.2) is 0 Å². The lowest BCUT2D eigenvalue weighted by Gasteiger charge is -2.14. The molecule has 0 spiro atoms. The van der Waals surface area contributed by atoms with Crippen molar-refractivity contribution in [2.75, 3.05) is 11.9 Å². The summed E-state index contributed by atoms with van der Waals surface area (Å²) in [6, 6.07) is 3.50. The highest BCUT2D eigenvalue weighted by atomic mass is 35.5. The van der Waals surface area contributed by atoms with Crippen LogP contribution in [-0.2, 0) is 6.18 Å². The third kappa shape index (κ3) is 4.46. The second kappa shape index (κ2) is 5.63. The Kier molecular flexibility index (Phi) is 4.69. The van der Waals surface area contributed by atoms with E-state index in [2.05, 4.69) is 5.32 Å². The van der Waals surface area contributed by atoms with E-state index in [4.69, 9.17) is 11.6 Å². The Labute approximate surface area is 104 Å². The van der Waals surface area contributed by atoms with Gasteiger partial charge in [-0.2, -0.15) is 13.2 Å². The minimum absolute atomic E-state index is 0.0893. The van der Waals surface area contributed by atoms with Crippen molar-refractivity contribution in [1.82, 2.24) is 0 Å². The highest BCUT2D eigenvalue weighted by Crippen LogP contribution is 2.33. The lowest BCUT2D eigenvalue weighted by atomic mass is 10.1. The van der Waals surface area contributed by atoms with Gasteiger partial charge in [-0.15, -0.1) is 0 Å². The quantitative estimate of drug-likeness (QED) is 0.823. The number of anilines is 1. The predicted molar refractivity (Wildman–Crippen MR) is 64.4 cm³/mol. The molecule has 1 rings (SSSR count). The van der Waals surface area contributed by atoms with Gasteiger partial charge in [0.15, 0.2) is 0 Å². The van der Waals surface area contributed by atoms with Crippen LogP contribution in [0.1, 0.15) is 25.8 Å². The van der Waals surface area contributed by atoms with Crippen LogP contribution in [0.2, 0.25) is 5.02 Å². The zero-order valence-electron chi connectivity index (χ0n) is 9.74. The Morgan fingerprint density at radius 1 is 1.29 bits per heavy atom. The molecule has 0 aliphatic heterocycles. The number of halogens is 4. The third-order valence-corrected chi connectivity index (χ3v) is 2.79. The molecule has 1 atom stereocenters. The minimum Gasteiger partial charge on any atom is -0.385 e. The Hall–Kier alpha value is -0.900. The molecule has 0 bridgehead atoms. The van der Waals surface area contributed by atoms with E-state index in [-0.39, 0.29) is 5.02 Å². The highest BCUT2D eigenvalue weighted by molar-refractivity contribution is 6.30. The molecule has 0 saturated heterocycles. The number of hydrogen-bond acceptors (Lipinski definition) is 1. The molecule has 0 radical (unpaired) electrons. The van der Waals surface area contributed by atoms with Crippen molar-refractivity contribution in [3.05, 3.63) is 28.8 Å². The molecule has 1 nitrogen and oxygen atoms in total. The van der Waals surface area contributed by atoms with Crippen molar-refractivity contribution in [1.29, 1.82) is 0 Å². The molecule has 96 valence electrons. The number of nitrogens with one attached hydrogen (secondary N) is 1. The fourth-order valence-corrected chi connectivity index (χ4v) is 1.53. The maximum absolute atomic E-state index is 12.5. The molecule has 0 heterocycles. The Morgan fingerprint density at radius 2 is 1.94 bits per heavy atom. The summed E-state index contributed by atoms with van der Waals surface area (Å²) < 4.78 is 37.6. The van der Waals surface area contributed by atoms with Crippen LogP contribution in [0.5, 0.6) is 0 Å². The van der Waals surface area contributed by atoms with Crippen LogP contribution in [0.3, 0.4) is 0 Å². The Morgan fingerprint density at radius 3 is 2.47 bits per heavy atom. The Bertz CT molecular complexity index is 377. The topological polar surface area (TPSA) is 12.0 Å². The van der Waals surface area contributed by atoms with Crippen LogP contribution in [0.15, 0.2) is 18.2 Å². The zero-order valence-corrected chi connectivity index (χ0v) is 10.5. The van der Waals surface area contributed by atoms with E-state index in [9.17, 15) is 13.2 Å². The number of benzene rings is 1. The van der Waals surface area contributed by atoms with Gasteiger partial charge in [-0.05, 0) is 24.1 Å². The van der Waals surface area contributed by atoms with Crippen LogP contribution in [0, 0.1) is 5.92 Å². The van der Waals surface area contributed by atoms with Crippen LogP contribution in [0.25, 0.3) is 0 Å². The van der Waals surface area contributed by atoms with Crippen molar-refractivity contribution in [3.63, 3.8) is 0 Å². The summed E-state index contributed by atoms with van der Waals surface area (Å²) in [6.45, 7) is 4.70. The van der Waals surface area contributed by atoms with Gasteiger partial charge >= 0.3 is 6.18 Å². The lowest BCUT2D eigenvalue weighted by molar-refractivity contribution is -0.137. The molecule has 5 heteroatoms. The standard InChI is InChI=1S/C12H15ClF3N/c1-3-8(2)7-17-11-5-9(12(14,15)16)4-10(13)6-11/h4-6,8,17H,3,7H2,1-2H3. The minimum atomic E-state index is -4.36. The molecule has 1 N–H and O–H groups in total. The largest absolute Gasteiger partial charge is 0.416 e. The molecule has 1 aromatic carbocycles. The van der Waals surface area contributed by atoms with E-state index in [0.29, 0.717) is 18.2 Å². The maximum atomic E-state index is 12.5. The van der Waals surface area contributed by atoms with E-state index in [1.54, 1.807) is 0 Å². The van der Waals surface area contributed by atoms with Gasteiger partial charge in [0.05, 0.1) is 5.56 Å². The summed E-state index contributed by atoms with van der Waals surface area (Å²) in [7, 11) is 0. The number of rotatable bonds is 4. The van der Waals surface area contributed by atoms with Gasteiger partial charge in [-0.3, -0.25) is 0 Å². The summed E-state index contributed by atoms with van der Waals surface area (Å²) in [5.41, 5.74) is -0.318. The molecule has 0 amide bonds.